The van der Waals surface area contributed by atoms with Gasteiger partial charge in [-0.1, -0.05) is 6.42 Å². The minimum atomic E-state index is 0.321. The van der Waals surface area contributed by atoms with E-state index in [1.165, 1.54) is 19.3 Å². The van der Waals surface area contributed by atoms with Crippen molar-refractivity contribution in [3.8, 4) is 0 Å². The van der Waals surface area contributed by atoms with E-state index in [-0.39, 0.29) is 0 Å². The number of thioether (sulfide) groups is 1. The van der Waals surface area contributed by atoms with Crippen molar-refractivity contribution in [2.24, 2.45) is 0 Å². The smallest absolute Gasteiger partial charge is 0.229 e. The topological polar surface area (TPSA) is 38.9 Å². The molecule has 0 spiro atoms. The van der Waals surface area contributed by atoms with E-state index in [9.17, 15) is 0 Å². The summed E-state index contributed by atoms with van der Waals surface area (Å²) >= 11 is 1.73. The van der Waals surface area contributed by atoms with Crippen LogP contribution in [0.2, 0.25) is 0 Å². The van der Waals surface area contributed by atoms with Crippen LogP contribution in [0, 0.1) is 0 Å². The summed E-state index contributed by atoms with van der Waals surface area (Å²) in [6.45, 7) is 2.09. The molecule has 2 rings (SSSR count). The van der Waals surface area contributed by atoms with Gasteiger partial charge in [0.25, 0.3) is 0 Å². The summed E-state index contributed by atoms with van der Waals surface area (Å²) in [5.74, 6) is 2.17. The van der Waals surface area contributed by atoms with Crippen molar-refractivity contribution < 1.29 is 4.42 Å². The van der Waals surface area contributed by atoms with Crippen molar-refractivity contribution in [1.29, 1.82) is 0 Å². The van der Waals surface area contributed by atoms with Gasteiger partial charge in [0.2, 0.25) is 11.8 Å². The lowest BCUT2D eigenvalue weighted by Gasteiger charge is -2.20. The van der Waals surface area contributed by atoms with Crippen LogP contribution in [0.25, 0.3) is 0 Å². The zero-order valence-corrected chi connectivity index (χ0v) is 8.80. The largest absolute Gasteiger partial charge is 0.424 e. The minimum Gasteiger partial charge on any atom is -0.424 e. The van der Waals surface area contributed by atoms with Gasteiger partial charge in [0.1, 0.15) is 0 Å². The van der Waals surface area contributed by atoms with Crippen molar-refractivity contribution in [3.63, 3.8) is 0 Å². The fourth-order valence-electron chi connectivity index (χ4n) is 1.33. The maximum atomic E-state index is 5.60. The van der Waals surface area contributed by atoms with Gasteiger partial charge >= 0.3 is 0 Å². The molecule has 0 saturated heterocycles. The fraction of sp³-hybridized carbons (Fsp3) is 0.778. The zero-order chi connectivity index (χ0) is 9.26. The van der Waals surface area contributed by atoms with Crippen LogP contribution in [0.1, 0.15) is 49.1 Å². The van der Waals surface area contributed by atoms with Crippen LogP contribution < -0.4 is 0 Å². The van der Waals surface area contributed by atoms with Crippen LogP contribution in [-0.4, -0.2) is 16.5 Å². The Morgan fingerprint density at radius 2 is 2.23 bits per heavy atom. The van der Waals surface area contributed by atoms with Gasteiger partial charge in [0.05, 0.1) is 5.25 Å². The van der Waals surface area contributed by atoms with Gasteiger partial charge in [0, 0.05) is 5.92 Å². The average molecular weight is 198 g/mol. The summed E-state index contributed by atoms with van der Waals surface area (Å²) in [7, 11) is 0. The standard InChI is InChI=1S/C9H14N2OS/c1-6(13-2)8-10-11-9(12-8)7-4-3-5-7/h6-7H,3-5H2,1-2H3/t6-/m1/s1. The lowest BCUT2D eigenvalue weighted by atomic mass is 9.85. The minimum absolute atomic E-state index is 0.321. The zero-order valence-electron chi connectivity index (χ0n) is 7.99. The van der Waals surface area contributed by atoms with E-state index in [1.807, 2.05) is 0 Å². The molecule has 4 heteroatoms. The van der Waals surface area contributed by atoms with Gasteiger partial charge < -0.3 is 4.42 Å². The summed E-state index contributed by atoms with van der Waals surface area (Å²) in [5, 5.41) is 8.45. The van der Waals surface area contributed by atoms with E-state index in [2.05, 4.69) is 23.4 Å². The molecule has 1 aromatic heterocycles. The number of nitrogens with zero attached hydrogens (tertiary/aromatic N) is 2. The predicted octanol–water partition coefficient (Wildman–Crippen LogP) is 2.76. The highest BCUT2D eigenvalue weighted by Crippen LogP contribution is 2.36. The average Bonchev–Trinajstić information content (AvgIpc) is 2.49. The third-order valence-electron chi connectivity index (χ3n) is 2.61. The van der Waals surface area contributed by atoms with Crippen LogP contribution in [0.5, 0.6) is 0 Å². The molecule has 0 N–H and O–H groups in total. The van der Waals surface area contributed by atoms with Crippen LogP contribution >= 0.6 is 11.8 Å². The highest BCUT2D eigenvalue weighted by atomic mass is 32.2. The quantitative estimate of drug-likeness (QED) is 0.748. The first kappa shape index (κ1) is 9.06. The van der Waals surface area contributed by atoms with E-state index in [1.54, 1.807) is 11.8 Å². The second-order valence-electron chi connectivity index (χ2n) is 3.48. The number of hydrogen-bond acceptors (Lipinski definition) is 4. The molecule has 1 aromatic rings. The number of rotatable bonds is 3. The summed E-state index contributed by atoms with van der Waals surface area (Å²) in [6.07, 6.45) is 5.79. The van der Waals surface area contributed by atoms with Crippen molar-refractivity contribution in [1.82, 2.24) is 10.2 Å². The first-order valence-corrected chi connectivity index (χ1v) is 5.96. The number of aromatic nitrogens is 2. The van der Waals surface area contributed by atoms with E-state index in [0.29, 0.717) is 11.2 Å². The van der Waals surface area contributed by atoms with Crippen molar-refractivity contribution in [2.75, 3.05) is 6.26 Å². The van der Waals surface area contributed by atoms with Crippen LogP contribution in [-0.2, 0) is 0 Å². The van der Waals surface area contributed by atoms with E-state index < -0.39 is 0 Å². The lowest BCUT2D eigenvalue weighted by Crippen LogP contribution is -2.08. The first-order valence-electron chi connectivity index (χ1n) is 4.67. The second-order valence-corrected chi connectivity index (χ2v) is 4.66. The number of hydrogen-bond donors (Lipinski definition) is 0. The van der Waals surface area contributed by atoms with Crippen molar-refractivity contribution in [3.05, 3.63) is 11.8 Å². The van der Waals surface area contributed by atoms with E-state index in [4.69, 9.17) is 4.42 Å². The Kier molecular flexibility index (Phi) is 2.58. The molecule has 0 amide bonds. The van der Waals surface area contributed by atoms with Crippen molar-refractivity contribution in [2.45, 2.75) is 37.4 Å². The molecule has 0 aliphatic heterocycles. The Morgan fingerprint density at radius 3 is 2.77 bits per heavy atom. The SMILES string of the molecule is CS[C@H](C)c1nnc(C2CCC2)o1. The highest BCUT2D eigenvalue weighted by molar-refractivity contribution is 7.98. The van der Waals surface area contributed by atoms with Crippen LogP contribution in [0.3, 0.4) is 0 Å². The molecule has 0 aromatic carbocycles. The molecule has 1 aliphatic carbocycles. The molecule has 0 unspecified atom stereocenters. The predicted molar refractivity (Wildman–Crippen MR) is 52.8 cm³/mol. The molecule has 0 bridgehead atoms. The molecule has 1 atom stereocenters. The summed E-state index contributed by atoms with van der Waals surface area (Å²) in [5.41, 5.74) is 0. The molecule has 72 valence electrons. The molecular weight excluding hydrogens is 184 g/mol. The molecule has 0 radical (unpaired) electrons. The maximum Gasteiger partial charge on any atom is 0.229 e. The van der Waals surface area contributed by atoms with Crippen LogP contribution in [0.15, 0.2) is 4.42 Å². The van der Waals surface area contributed by atoms with Gasteiger partial charge in [-0.3, -0.25) is 0 Å². The molecule has 1 saturated carbocycles. The van der Waals surface area contributed by atoms with Gasteiger partial charge in [-0.05, 0) is 26.0 Å². The van der Waals surface area contributed by atoms with Gasteiger partial charge in [-0.25, -0.2) is 0 Å². The summed E-state index contributed by atoms with van der Waals surface area (Å²) in [6, 6.07) is 0. The normalized spacial score (nSPS) is 19.8. The fourth-order valence-corrected chi connectivity index (χ4v) is 1.63. The Morgan fingerprint density at radius 1 is 1.46 bits per heavy atom. The Balaban J connectivity index is 2.08. The van der Waals surface area contributed by atoms with Crippen molar-refractivity contribution >= 4 is 11.8 Å². The molecule has 1 heterocycles. The molecule has 3 nitrogen and oxygen atoms in total. The first-order chi connectivity index (χ1) is 6.31. The summed E-state index contributed by atoms with van der Waals surface area (Å²) < 4.78 is 5.60. The van der Waals surface area contributed by atoms with Crippen LogP contribution in [0.4, 0.5) is 0 Å². The summed E-state index contributed by atoms with van der Waals surface area (Å²) in [4.78, 5) is 0. The molecule has 1 aliphatic rings. The highest BCUT2D eigenvalue weighted by Gasteiger charge is 2.25. The Hall–Kier alpha value is -0.510. The second kappa shape index (κ2) is 3.70. The lowest BCUT2D eigenvalue weighted by molar-refractivity contribution is 0.325. The molecule has 13 heavy (non-hydrogen) atoms. The molecular formula is C9H14N2OS. The Bertz CT molecular complexity index is 264. The van der Waals surface area contributed by atoms with E-state index >= 15 is 0 Å². The maximum absolute atomic E-state index is 5.60. The molecule has 1 fully saturated rings. The van der Waals surface area contributed by atoms with Gasteiger partial charge in [-0.15, -0.1) is 10.2 Å². The van der Waals surface area contributed by atoms with Gasteiger partial charge in [0.15, 0.2) is 0 Å². The van der Waals surface area contributed by atoms with E-state index in [0.717, 1.165) is 11.8 Å². The monoisotopic (exact) mass is 198 g/mol. The van der Waals surface area contributed by atoms with Gasteiger partial charge in [-0.2, -0.15) is 11.8 Å². The third-order valence-corrected chi connectivity index (χ3v) is 3.52. The third kappa shape index (κ3) is 1.73. The Labute approximate surface area is 82.3 Å².